The van der Waals surface area contributed by atoms with Crippen LogP contribution in [0.25, 0.3) is 0 Å². The van der Waals surface area contributed by atoms with Crippen LogP contribution >= 0.6 is 12.2 Å². The molecule has 126 valence electrons. The maximum atomic E-state index is 6.34. The molecular formula is C20H24N2OS. The summed E-state index contributed by atoms with van der Waals surface area (Å²) in [6.07, 6.45) is 2.87. The average Bonchev–Trinajstić information content (AvgIpc) is 2.62. The molecule has 2 aromatic carbocycles. The number of nitrogens with one attached hydrogen (secondary N) is 2. The summed E-state index contributed by atoms with van der Waals surface area (Å²) in [4.78, 5) is 0. The minimum Gasteiger partial charge on any atom is -0.487 e. The molecular weight excluding hydrogens is 316 g/mol. The molecule has 0 aromatic heterocycles. The summed E-state index contributed by atoms with van der Waals surface area (Å²) in [6.45, 7) is 4.38. The van der Waals surface area contributed by atoms with Crippen molar-refractivity contribution in [2.24, 2.45) is 0 Å². The van der Waals surface area contributed by atoms with Crippen molar-refractivity contribution in [3.05, 3.63) is 60.2 Å². The molecule has 3 rings (SSSR count). The van der Waals surface area contributed by atoms with Gasteiger partial charge in [0.1, 0.15) is 11.4 Å². The molecule has 4 heteroatoms. The fraction of sp³-hybridized carbons (Fsp3) is 0.350. The van der Waals surface area contributed by atoms with Gasteiger partial charge in [-0.2, -0.15) is 0 Å². The standard InChI is InChI=1S/C20H24N2OS/c1-3-20(4-2)14-17(16-12-8-9-13-18(16)23-20)22-19(24)21-15-10-6-5-7-11-15/h5-13,17H,3-4,14H2,1-2H3,(H2,21,22,24)/t17-/m0/s1. The van der Waals surface area contributed by atoms with Crippen molar-refractivity contribution in [2.75, 3.05) is 5.32 Å². The van der Waals surface area contributed by atoms with Crippen molar-refractivity contribution in [3.8, 4) is 5.75 Å². The summed E-state index contributed by atoms with van der Waals surface area (Å²) >= 11 is 5.53. The molecule has 0 bridgehead atoms. The highest BCUT2D eigenvalue weighted by Gasteiger charge is 2.38. The fourth-order valence-electron chi connectivity index (χ4n) is 3.28. The Morgan fingerprint density at radius 1 is 1.08 bits per heavy atom. The molecule has 1 aliphatic heterocycles. The molecule has 0 saturated carbocycles. The van der Waals surface area contributed by atoms with E-state index in [0.717, 1.165) is 30.7 Å². The molecule has 3 nitrogen and oxygen atoms in total. The summed E-state index contributed by atoms with van der Waals surface area (Å²) < 4.78 is 6.34. The van der Waals surface area contributed by atoms with Crippen LogP contribution in [0.4, 0.5) is 5.69 Å². The van der Waals surface area contributed by atoms with Crippen molar-refractivity contribution >= 4 is 23.0 Å². The van der Waals surface area contributed by atoms with Crippen molar-refractivity contribution in [1.82, 2.24) is 5.32 Å². The molecule has 0 saturated heterocycles. The predicted molar refractivity (Wildman–Crippen MR) is 104 cm³/mol. The number of ether oxygens (including phenoxy) is 1. The Kier molecular flexibility index (Phi) is 5.05. The number of fused-ring (bicyclic) bond motifs is 1. The van der Waals surface area contributed by atoms with E-state index in [1.54, 1.807) is 0 Å². The van der Waals surface area contributed by atoms with Crippen LogP contribution in [-0.4, -0.2) is 10.7 Å². The third-order valence-corrected chi connectivity index (χ3v) is 5.04. The van der Waals surface area contributed by atoms with Crippen LogP contribution in [0, 0.1) is 0 Å². The highest BCUT2D eigenvalue weighted by atomic mass is 32.1. The zero-order chi connectivity index (χ0) is 17.0. The minimum atomic E-state index is -0.131. The summed E-state index contributed by atoms with van der Waals surface area (Å²) in [5.41, 5.74) is 2.04. The molecule has 1 heterocycles. The lowest BCUT2D eigenvalue weighted by atomic mass is 9.83. The lowest BCUT2D eigenvalue weighted by Crippen LogP contribution is -2.45. The maximum absolute atomic E-state index is 6.34. The first kappa shape index (κ1) is 16.8. The van der Waals surface area contributed by atoms with E-state index in [1.807, 2.05) is 36.4 Å². The van der Waals surface area contributed by atoms with E-state index >= 15 is 0 Å². The van der Waals surface area contributed by atoms with Gasteiger partial charge < -0.3 is 15.4 Å². The molecule has 0 amide bonds. The van der Waals surface area contributed by atoms with Crippen molar-refractivity contribution in [2.45, 2.75) is 44.8 Å². The molecule has 2 aromatic rings. The van der Waals surface area contributed by atoms with Crippen LogP contribution in [0.2, 0.25) is 0 Å². The van der Waals surface area contributed by atoms with E-state index < -0.39 is 0 Å². The first-order valence-corrected chi connectivity index (χ1v) is 8.97. The van der Waals surface area contributed by atoms with E-state index in [9.17, 15) is 0 Å². The molecule has 1 aliphatic rings. The maximum Gasteiger partial charge on any atom is 0.171 e. The quantitative estimate of drug-likeness (QED) is 0.763. The SMILES string of the molecule is CCC1(CC)C[C@H](NC(=S)Nc2ccccc2)c2ccccc2O1. The van der Waals surface area contributed by atoms with Gasteiger partial charge in [0.2, 0.25) is 0 Å². The summed E-state index contributed by atoms with van der Waals surface area (Å²) in [5.74, 6) is 0.965. The van der Waals surface area contributed by atoms with Crippen LogP contribution in [0.3, 0.4) is 0 Å². The van der Waals surface area contributed by atoms with Gasteiger partial charge in [-0.1, -0.05) is 50.2 Å². The highest BCUT2D eigenvalue weighted by Crippen LogP contribution is 2.42. The number of benzene rings is 2. The molecule has 0 aliphatic carbocycles. The van der Waals surface area contributed by atoms with Gasteiger partial charge in [-0.25, -0.2) is 0 Å². The number of rotatable bonds is 4. The molecule has 1 atom stereocenters. The minimum absolute atomic E-state index is 0.131. The second-order valence-electron chi connectivity index (χ2n) is 6.25. The number of hydrogen-bond donors (Lipinski definition) is 2. The van der Waals surface area contributed by atoms with Gasteiger partial charge in [0.15, 0.2) is 5.11 Å². The molecule has 0 spiro atoms. The molecule has 0 radical (unpaired) electrons. The van der Waals surface area contributed by atoms with E-state index in [2.05, 4.69) is 42.7 Å². The lowest BCUT2D eigenvalue weighted by molar-refractivity contribution is 0.0256. The Morgan fingerprint density at radius 2 is 1.75 bits per heavy atom. The van der Waals surface area contributed by atoms with Gasteiger partial charge in [0.05, 0.1) is 6.04 Å². The molecule has 2 N–H and O–H groups in total. The van der Waals surface area contributed by atoms with Crippen molar-refractivity contribution in [3.63, 3.8) is 0 Å². The van der Waals surface area contributed by atoms with Gasteiger partial charge >= 0.3 is 0 Å². The number of anilines is 1. The normalized spacial score (nSPS) is 18.2. The summed E-state index contributed by atoms with van der Waals surface area (Å²) in [7, 11) is 0. The molecule has 24 heavy (non-hydrogen) atoms. The Morgan fingerprint density at radius 3 is 2.46 bits per heavy atom. The van der Waals surface area contributed by atoms with Crippen molar-refractivity contribution < 1.29 is 4.74 Å². The van der Waals surface area contributed by atoms with Gasteiger partial charge in [0, 0.05) is 17.7 Å². The Bertz CT molecular complexity index is 698. The smallest absolute Gasteiger partial charge is 0.171 e. The van der Waals surface area contributed by atoms with E-state index in [1.165, 1.54) is 5.56 Å². The first-order chi connectivity index (χ1) is 11.7. The second-order valence-corrected chi connectivity index (χ2v) is 6.66. The Labute approximate surface area is 149 Å². The summed E-state index contributed by atoms with van der Waals surface area (Å²) in [5, 5.41) is 7.39. The van der Waals surface area contributed by atoms with Crippen molar-refractivity contribution in [1.29, 1.82) is 0 Å². The largest absolute Gasteiger partial charge is 0.487 e. The Hall–Kier alpha value is -2.07. The van der Waals surface area contributed by atoms with Crippen LogP contribution in [-0.2, 0) is 0 Å². The van der Waals surface area contributed by atoms with E-state index in [-0.39, 0.29) is 11.6 Å². The van der Waals surface area contributed by atoms with Gasteiger partial charge in [-0.15, -0.1) is 0 Å². The predicted octanol–water partition coefficient (Wildman–Crippen LogP) is 5.06. The van der Waals surface area contributed by atoms with Crippen LogP contribution in [0.15, 0.2) is 54.6 Å². The number of hydrogen-bond acceptors (Lipinski definition) is 2. The Balaban J connectivity index is 1.79. The third-order valence-electron chi connectivity index (χ3n) is 4.82. The van der Waals surface area contributed by atoms with Crippen LogP contribution < -0.4 is 15.4 Å². The molecule has 0 fully saturated rings. The van der Waals surface area contributed by atoms with Gasteiger partial charge in [-0.3, -0.25) is 0 Å². The van der Waals surface area contributed by atoms with E-state index in [0.29, 0.717) is 5.11 Å². The zero-order valence-corrected chi connectivity index (χ0v) is 15.0. The first-order valence-electron chi connectivity index (χ1n) is 8.56. The fourth-order valence-corrected chi connectivity index (χ4v) is 3.54. The number of para-hydroxylation sites is 2. The van der Waals surface area contributed by atoms with Crippen LogP contribution in [0.5, 0.6) is 5.75 Å². The van der Waals surface area contributed by atoms with E-state index in [4.69, 9.17) is 17.0 Å². The molecule has 0 unspecified atom stereocenters. The zero-order valence-electron chi connectivity index (χ0n) is 14.2. The topological polar surface area (TPSA) is 33.3 Å². The highest BCUT2D eigenvalue weighted by molar-refractivity contribution is 7.80. The second kappa shape index (κ2) is 7.22. The lowest BCUT2D eigenvalue weighted by Gasteiger charge is -2.42. The monoisotopic (exact) mass is 340 g/mol. The summed E-state index contributed by atoms with van der Waals surface area (Å²) in [6, 6.07) is 18.4. The van der Waals surface area contributed by atoms with Gasteiger partial charge in [-0.05, 0) is 43.3 Å². The average molecular weight is 340 g/mol. The number of thiocarbonyl (C=S) groups is 1. The third kappa shape index (κ3) is 3.54. The van der Waals surface area contributed by atoms with Gasteiger partial charge in [0.25, 0.3) is 0 Å². The van der Waals surface area contributed by atoms with Crippen LogP contribution in [0.1, 0.15) is 44.7 Å².